The van der Waals surface area contributed by atoms with Crippen molar-refractivity contribution in [2.24, 2.45) is 0 Å². The highest BCUT2D eigenvalue weighted by molar-refractivity contribution is 5.97. The van der Waals surface area contributed by atoms with Crippen molar-refractivity contribution in [1.29, 1.82) is 0 Å². The van der Waals surface area contributed by atoms with E-state index in [0.717, 1.165) is 33.0 Å². The van der Waals surface area contributed by atoms with Crippen LogP contribution in [0, 0.1) is 6.92 Å². The summed E-state index contributed by atoms with van der Waals surface area (Å²) in [6, 6.07) is 22.2. The lowest BCUT2D eigenvalue weighted by atomic mass is 9.97. The summed E-state index contributed by atoms with van der Waals surface area (Å²) < 4.78 is 5.62. The zero-order valence-electron chi connectivity index (χ0n) is 13.4. The Hall–Kier alpha value is -2.91. The number of aliphatic hydroxyl groups is 1. The van der Waals surface area contributed by atoms with Gasteiger partial charge in [-0.25, -0.2) is 0 Å². The van der Waals surface area contributed by atoms with Crippen molar-refractivity contribution >= 4 is 10.8 Å². The van der Waals surface area contributed by atoms with E-state index >= 15 is 0 Å². The number of benzene rings is 3. The molecule has 3 heteroatoms. The zero-order valence-corrected chi connectivity index (χ0v) is 13.4. The smallest absolute Gasteiger partial charge is 0.173 e. The Balaban J connectivity index is 1.94. The lowest BCUT2D eigenvalue weighted by Gasteiger charge is -2.06. The maximum absolute atomic E-state index is 9.95. The Morgan fingerprint density at radius 1 is 0.958 bits per heavy atom. The third kappa shape index (κ3) is 2.39. The Labute approximate surface area is 140 Å². The van der Waals surface area contributed by atoms with E-state index in [1.165, 1.54) is 0 Å². The number of hydrogen-bond acceptors (Lipinski definition) is 3. The summed E-state index contributed by atoms with van der Waals surface area (Å²) in [6.07, 6.45) is 0. The van der Waals surface area contributed by atoms with Crippen LogP contribution in [0.4, 0.5) is 0 Å². The van der Waals surface area contributed by atoms with Gasteiger partial charge in [-0.2, -0.15) is 0 Å². The molecule has 0 atom stereocenters. The van der Waals surface area contributed by atoms with Gasteiger partial charge in [0.15, 0.2) is 5.76 Å². The van der Waals surface area contributed by atoms with Crippen LogP contribution in [0.1, 0.15) is 11.1 Å². The highest BCUT2D eigenvalue weighted by Crippen LogP contribution is 2.35. The van der Waals surface area contributed by atoms with Gasteiger partial charge in [-0.15, -0.1) is 0 Å². The number of hydrogen-bond donors (Lipinski definition) is 1. The van der Waals surface area contributed by atoms with Gasteiger partial charge in [0, 0.05) is 11.1 Å². The molecule has 0 fully saturated rings. The van der Waals surface area contributed by atoms with E-state index in [9.17, 15) is 5.11 Å². The Kier molecular flexibility index (Phi) is 3.63. The third-order valence-electron chi connectivity index (χ3n) is 4.27. The fourth-order valence-electron chi connectivity index (χ4n) is 3.11. The summed E-state index contributed by atoms with van der Waals surface area (Å²) in [4.78, 5) is 0. The topological polar surface area (TPSA) is 46.3 Å². The molecule has 1 N–H and O–H groups in total. The minimum atomic E-state index is -0.120. The first-order valence-corrected chi connectivity index (χ1v) is 7.92. The van der Waals surface area contributed by atoms with Gasteiger partial charge in [0.25, 0.3) is 0 Å². The number of aryl methyl sites for hydroxylation is 1. The van der Waals surface area contributed by atoms with E-state index < -0.39 is 0 Å². The van der Waals surface area contributed by atoms with E-state index in [1.807, 2.05) is 55.5 Å². The van der Waals surface area contributed by atoms with Crippen LogP contribution in [0.5, 0.6) is 0 Å². The van der Waals surface area contributed by atoms with Crippen LogP contribution in [0.2, 0.25) is 0 Å². The van der Waals surface area contributed by atoms with E-state index in [0.29, 0.717) is 11.5 Å². The molecule has 0 aliphatic rings. The molecule has 0 radical (unpaired) electrons. The minimum absolute atomic E-state index is 0.120. The standard InChI is InChI=1S/C21H17NO2/c1-14-6-4-9-16(12-14)21-19(13-23)20(22-24-21)18-11-5-8-15-7-2-3-10-17(15)18/h2-12,23H,13H2,1H3. The van der Waals surface area contributed by atoms with E-state index in [-0.39, 0.29) is 6.61 Å². The van der Waals surface area contributed by atoms with Gasteiger partial charge in [0.05, 0.1) is 12.2 Å². The van der Waals surface area contributed by atoms with Gasteiger partial charge in [0.2, 0.25) is 0 Å². The lowest BCUT2D eigenvalue weighted by Crippen LogP contribution is -1.90. The second kappa shape index (κ2) is 5.95. The van der Waals surface area contributed by atoms with Crippen molar-refractivity contribution in [2.75, 3.05) is 0 Å². The summed E-state index contributed by atoms with van der Waals surface area (Å²) in [6.45, 7) is 1.91. The maximum atomic E-state index is 9.95. The number of rotatable bonds is 3. The van der Waals surface area contributed by atoms with Crippen LogP contribution in [0.25, 0.3) is 33.4 Å². The Morgan fingerprint density at radius 2 is 1.75 bits per heavy atom. The summed E-state index contributed by atoms with van der Waals surface area (Å²) >= 11 is 0. The number of fused-ring (bicyclic) bond motifs is 1. The van der Waals surface area contributed by atoms with Crippen LogP contribution in [0.3, 0.4) is 0 Å². The molecule has 0 unspecified atom stereocenters. The van der Waals surface area contributed by atoms with Crippen LogP contribution in [-0.2, 0) is 6.61 Å². The number of aromatic nitrogens is 1. The van der Waals surface area contributed by atoms with Gasteiger partial charge >= 0.3 is 0 Å². The van der Waals surface area contributed by atoms with Crippen molar-refractivity contribution in [3.63, 3.8) is 0 Å². The molecular weight excluding hydrogens is 298 g/mol. The van der Waals surface area contributed by atoms with Crippen molar-refractivity contribution < 1.29 is 9.63 Å². The zero-order chi connectivity index (χ0) is 16.5. The Morgan fingerprint density at radius 3 is 2.58 bits per heavy atom. The third-order valence-corrected chi connectivity index (χ3v) is 4.27. The molecule has 0 spiro atoms. The van der Waals surface area contributed by atoms with Crippen molar-refractivity contribution in [3.05, 3.63) is 77.9 Å². The Bertz CT molecular complexity index is 1010. The molecule has 3 aromatic carbocycles. The molecule has 0 saturated heterocycles. The van der Waals surface area contributed by atoms with Crippen LogP contribution >= 0.6 is 0 Å². The molecule has 0 bridgehead atoms. The maximum Gasteiger partial charge on any atom is 0.173 e. The molecule has 3 nitrogen and oxygen atoms in total. The van der Waals surface area contributed by atoms with Gasteiger partial charge < -0.3 is 9.63 Å². The van der Waals surface area contributed by atoms with Crippen molar-refractivity contribution in [2.45, 2.75) is 13.5 Å². The molecule has 0 saturated carbocycles. The number of nitrogens with zero attached hydrogens (tertiary/aromatic N) is 1. The quantitative estimate of drug-likeness (QED) is 0.581. The predicted molar refractivity (Wildman–Crippen MR) is 95.5 cm³/mol. The lowest BCUT2D eigenvalue weighted by molar-refractivity contribution is 0.281. The SMILES string of the molecule is Cc1cccc(-c2onc(-c3cccc4ccccc34)c2CO)c1. The monoisotopic (exact) mass is 315 g/mol. The molecule has 4 aromatic rings. The molecule has 0 amide bonds. The first kappa shape index (κ1) is 14.7. The molecule has 0 aliphatic heterocycles. The largest absolute Gasteiger partial charge is 0.391 e. The highest BCUT2D eigenvalue weighted by Gasteiger charge is 2.19. The summed E-state index contributed by atoms with van der Waals surface area (Å²) in [5.41, 5.74) is 4.46. The molecule has 118 valence electrons. The fraction of sp³-hybridized carbons (Fsp3) is 0.0952. The van der Waals surface area contributed by atoms with Gasteiger partial charge in [-0.05, 0) is 23.8 Å². The van der Waals surface area contributed by atoms with Crippen LogP contribution in [0.15, 0.2) is 71.3 Å². The minimum Gasteiger partial charge on any atom is -0.391 e. The average molecular weight is 315 g/mol. The van der Waals surface area contributed by atoms with E-state index in [4.69, 9.17) is 4.52 Å². The molecule has 0 aliphatic carbocycles. The summed E-state index contributed by atoms with van der Waals surface area (Å²) in [7, 11) is 0. The first-order valence-electron chi connectivity index (χ1n) is 7.92. The second-order valence-corrected chi connectivity index (χ2v) is 5.89. The van der Waals surface area contributed by atoms with E-state index in [1.54, 1.807) is 0 Å². The van der Waals surface area contributed by atoms with Gasteiger partial charge in [-0.3, -0.25) is 0 Å². The summed E-state index contributed by atoms with van der Waals surface area (Å²) in [5.74, 6) is 0.629. The number of aliphatic hydroxyl groups excluding tert-OH is 1. The second-order valence-electron chi connectivity index (χ2n) is 5.89. The fourth-order valence-corrected chi connectivity index (χ4v) is 3.11. The first-order chi connectivity index (χ1) is 11.8. The highest BCUT2D eigenvalue weighted by atomic mass is 16.5. The molecule has 4 rings (SSSR count). The van der Waals surface area contributed by atoms with Crippen molar-refractivity contribution in [1.82, 2.24) is 5.16 Å². The molecule has 1 aromatic heterocycles. The van der Waals surface area contributed by atoms with Crippen LogP contribution in [-0.4, -0.2) is 10.3 Å². The van der Waals surface area contributed by atoms with Gasteiger partial charge in [-0.1, -0.05) is 71.4 Å². The summed E-state index contributed by atoms with van der Waals surface area (Å²) in [5, 5.41) is 16.5. The van der Waals surface area contributed by atoms with Crippen molar-refractivity contribution in [3.8, 4) is 22.6 Å². The molecular formula is C21H17NO2. The van der Waals surface area contributed by atoms with E-state index in [2.05, 4.69) is 23.4 Å². The predicted octanol–water partition coefficient (Wildman–Crippen LogP) is 4.96. The average Bonchev–Trinajstić information content (AvgIpc) is 3.05. The van der Waals surface area contributed by atoms with Gasteiger partial charge in [0.1, 0.15) is 5.69 Å². The molecule has 1 heterocycles. The normalized spacial score (nSPS) is 11.1. The van der Waals surface area contributed by atoms with Crippen LogP contribution < -0.4 is 0 Å². The molecule has 24 heavy (non-hydrogen) atoms.